The fourth-order valence-electron chi connectivity index (χ4n) is 1.85. The highest BCUT2D eigenvalue weighted by atomic mass is 32.2. The Labute approximate surface area is 103 Å². The van der Waals surface area contributed by atoms with E-state index >= 15 is 0 Å². The van der Waals surface area contributed by atoms with Crippen LogP contribution in [-0.4, -0.2) is 18.3 Å². The fourth-order valence-corrected chi connectivity index (χ4v) is 2.73. The van der Waals surface area contributed by atoms with Crippen molar-refractivity contribution in [2.75, 3.05) is 12.3 Å². The van der Waals surface area contributed by atoms with Crippen LogP contribution in [0.2, 0.25) is 0 Å². The topological polar surface area (TPSA) is 12.0 Å². The van der Waals surface area contributed by atoms with Crippen molar-refractivity contribution >= 4 is 11.8 Å². The summed E-state index contributed by atoms with van der Waals surface area (Å²) in [5.41, 5.74) is 2.79. The summed E-state index contributed by atoms with van der Waals surface area (Å²) in [7, 11) is 0. The first-order valence-corrected chi connectivity index (χ1v) is 7.18. The Morgan fingerprint density at radius 2 is 2.06 bits per heavy atom. The minimum Gasteiger partial charge on any atom is -0.313 e. The molecule has 2 heteroatoms. The number of hydrogen-bond donors (Lipinski definition) is 1. The van der Waals surface area contributed by atoms with E-state index in [1.165, 1.54) is 41.0 Å². The molecule has 1 saturated carbocycles. The quantitative estimate of drug-likeness (QED) is 0.619. The Morgan fingerprint density at radius 3 is 2.69 bits per heavy atom. The molecule has 0 radical (unpaired) electrons. The summed E-state index contributed by atoms with van der Waals surface area (Å²) in [4.78, 5) is 1.40. The molecule has 0 aliphatic heterocycles. The van der Waals surface area contributed by atoms with Crippen LogP contribution in [0.15, 0.2) is 23.1 Å². The number of aryl methyl sites for hydroxylation is 2. The Balaban J connectivity index is 1.69. The van der Waals surface area contributed by atoms with Gasteiger partial charge in [0.05, 0.1) is 0 Å². The average molecular weight is 235 g/mol. The maximum Gasteiger partial charge on any atom is 0.0106 e. The van der Waals surface area contributed by atoms with E-state index in [0.717, 1.165) is 12.6 Å². The van der Waals surface area contributed by atoms with Gasteiger partial charge in [0.15, 0.2) is 0 Å². The molecule has 0 saturated heterocycles. The van der Waals surface area contributed by atoms with Crippen molar-refractivity contribution in [1.29, 1.82) is 0 Å². The van der Waals surface area contributed by atoms with Crippen LogP contribution in [0.5, 0.6) is 0 Å². The van der Waals surface area contributed by atoms with Crippen LogP contribution in [-0.2, 0) is 0 Å². The second kappa shape index (κ2) is 5.74. The van der Waals surface area contributed by atoms with Gasteiger partial charge < -0.3 is 5.32 Å². The van der Waals surface area contributed by atoms with Crippen molar-refractivity contribution < 1.29 is 0 Å². The van der Waals surface area contributed by atoms with Crippen LogP contribution in [0.25, 0.3) is 0 Å². The van der Waals surface area contributed by atoms with Gasteiger partial charge in [0, 0.05) is 23.2 Å². The molecule has 88 valence electrons. The van der Waals surface area contributed by atoms with E-state index in [0.29, 0.717) is 0 Å². The van der Waals surface area contributed by atoms with Crippen molar-refractivity contribution in [3.8, 4) is 0 Å². The van der Waals surface area contributed by atoms with Crippen LogP contribution in [0, 0.1) is 13.8 Å². The molecule has 1 aromatic carbocycles. The lowest BCUT2D eigenvalue weighted by atomic mass is 9.93. The number of hydrogen-bond acceptors (Lipinski definition) is 2. The SMILES string of the molecule is Cc1ccc(SCCNC2CCC2)cc1C. The largest absolute Gasteiger partial charge is 0.313 e. The third kappa shape index (κ3) is 3.26. The third-order valence-corrected chi connectivity index (χ3v) is 4.38. The number of rotatable bonds is 5. The van der Waals surface area contributed by atoms with Gasteiger partial charge in [-0.3, -0.25) is 0 Å². The molecule has 0 bridgehead atoms. The molecular weight excluding hydrogens is 214 g/mol. The highest BCUT2D eigenvalue weighted by Gasteiger charge is 2.15. The summed E-state index contributed by atoms with van der Waals surface area (Å²) < 4.78 is 0. The molecule has 0 heterocycles. The van der Waals surface area contributed by atoms with Crippen molar-refractivity contribution in [1.82, 2.24) is 5.32 Å². The lowest BCUT2D eigenvalue weighted by molar-refractivity contribution is 0.347. The molecule has 0 spiro atoms. The lowest BCUT2D eigenvalue weighted by Gasteiger charge is -2.26. The summed E-state index contributed by atoms with van der Waals surface area (Å²) in [6, 6.07) is 7.57. The number of thioether (sulfide) groups is 1. The van der Waals surface area contributed by atoms with Gasteiger partial charge in [0.25, 0.3) is 0 Å². The molecule has 0 amide bonds. The molecular formula is C14H21NS. The van der Waals surface area contributed by atoms with Crippen molar-refractivity contribution in [2.45, 2.75) is 44.0 Å². The molecule has 1 aliphatic carbocycles. The molecule has 1 N–H and O–H groups in total. The average Bonchev–Trinajstić information content (AvgIpc) is 2.20. The molecule has 0 atom stereocenters. The van der Waals surface area contributed by atoms with Gasteiger partial charge in [-0.25, -0.2) is 0 Å². The van der Waals surface area contributed by atoms with E-state index in [-0.39, 0.29) is 0 Å². The van der Waals surface area contributed by atoms with Gasteiger partial charge in [-0.05, 0) is 49.9 Å². The van der Waals surface area contributed by atoms with Gasteiger partial charge in [0.1, 0.15) is 0 Å². The third-order valence-electron chi connectivity index (χ3n) is 3.39. The van der Waals surface area contributed by atoms with Crippen molar-refractivity contribution in [3.05, 3.63) is 29.3 Å². The van der Waals surface area contributed by atoms with Crippen LogP contribution < -0.4 is 5.32 Å². The molecule has 1 aromatic rings. The molecule has 16 heavy (non-hydrogen) atoms. The van der Waals surface area contributed by atoms with Gasteiger partial charge in [-0.2, -0.15) is 0 Å². The molecule has 1 nitrogen and oxygen atoms in total. The van der Waals surface area contributed by atoms with E-state index in [9.17, 15) is 0 Å². The molecule has 0 unspecified atom stereocenters. The summed E-state index contributed by atoms with van der Waals surface area (Å²) in [5.74, 6) is 1.18. The highest BCUT2D eigenvalue weighted by Crippen LogP contribution is 2.21. The number of nitrogens with one attached hydrogen (secondary N) is 1. The predicted octanol–water partition coefficient (Wildman–Crippen LogP) is 3.54. The van der Waals surface area contributed by atoms with E-state index in [1.54, 1.807) is 0 Å². The zero-order valence-electron chi connectivity index (χ0n) is 10.3. The van der Waals surface area contributed by atoms with E-state index in [2.05, 4.69) is 37.4 Å². The zero-order valence-corrected chi connectivity index (χ0v) is 11.1. The maximum absolute atomic E-state index is 3.59. The standard InChI is InChI=1S/C14H21NS/c1-11-6-7-14(10-12(11)2)16-9-8-15-13-4-3-5-13/h6-7,10,13,15H,3-5,8-9H2,1-2H3. The van der Waals surface area contributed by atoms with Crippen LogP contribution in [0.3, 0.4) is 0 Å². The van der Waals surface area contributed by atoms with Crippen LogP contribution in [0.4, 0.5) is 0 Å². The second-order valence-electron chi connectivity index (χ2n) is 4.68. The Hall–Kier alpha value is -0.470. The Kier molecular flexibility index (Phi) is 4.30. The first kappa shape index (κ1) is 12.0. The predicted molar refractivity (Wildman–Crippen MR) is 72.3 cm³/mol. The molecule has 2 rings (SSSR count). The van der Waals surface area contributed by atoms with Crippen LogP contribution >= 0.6 is 11.8 Å². The van der Waals surface area contributed by atoms with Crippen molar-refractivity contribution in [3.63, 3.8) is 0 Å². The molecule has 0 aromatic heterocycles. The molecule has 1 aliphatic rings. The van der Waals surface area contributed by atoms with Gasteiger partial charge in [-0.1, -0.05) is 12.5 Å². The highest BCUT2D eigenvalue weighted by molar-refractivity contribution is 7.99. The first-order valence-electron chi connectivity index (χ1n) is 6.19. The molecule has 1 fully saturated rings. The lowest BCUT2D eigenvalue weighted by Crippen LogP contribution is -2.36. The van der Waals surface area contributed by atoms with Gasteiger partial charge >= 0.3 is 0 Å². The van der Waals surface area contributed by atoms with Gasteiger partial charge in [-0.15, -0.1) is 11.8 Å². The second-order valence-corrected chi connectivity index (χ2v) is 5.84. The normalized spacial score (nSPS) is 16.1. The summed E-state index contributed by atoms with van der Waals surface area (Å²) >= 11 is 1.96. The van der Waals surface area contributed by atoms with E-state index in [4.69, 9.17) is 0 Å². The van der Waals surface area contributed by atoms with E-state index < -0.39 is 0 Å². The van der Waals surface area contributed by atoms with Crippen LogP contribution in [0.1, 0.15) is 30.4 Å². The zero-order chi connectivity index (χ0) is 11.4. The first-order chi connectivity index (χ1) is 7.75. The minimum absolute atomic E-state index is 0.820. The summed E-state index contributed by atoms with van der Waals surface area (Å²) in [6.45, 7) is 5.50. The van der Waals surface area contributed by atoms with E-state index in [1.807, 2.05) is 11.8 Å². The Bertz CT molecular complexity index is 345. The number of benzene rings is 1. The Morgan fingerprint density at radius 1 is 1.25 bits per heavy atom. The monoisotopic (exact) mass is 235 g/mol. The summed E-state index contributed by atoms with van der Waals surface area (Å²) in [5, 5.41) is 3.59. The maximum atomic E-state index is 3.59. The van der Waals surface area contributed by atoms with Crippen molar-refractivity contribution in [2.24, 2.45) is 0 Å². The van der Waals surface area contributed by atoms with Gasteiger partial charge in [0.2, 0.25) is 0 Å². The smallest absolute Gasteiger partial charge is 0.0106 e. The summed E-state index contributed by atoms with van der Waals surface area (Å²) in [6.07, 6.45) is 4.19. The fraction of sp³-hybridized carbons (Fsp3) is 0.571. The minimum atomic E-state index is 0.820.